The van der Waals surface area contributed by atoms with Crippen LogP contribution in [0, 0.1) is 5.92 Å². The summed E-state index contributed by atoms with van der Waals surface area (Å²) in [4.78, 5) is 15.1. The van der Waals surface area contributed by atoms with Crippen LogP contribution in [0.4, 0.5) is 0 Å². The van der Waals surface area contributed by atoms with Crippen molar-refractivity contribution in [3.05, 3.63) is 0 Å². The van der Waals surface area contributed by atoms with E-state index >= 15 is 0 Å². The first-order valence-corrected chi connectivity index (χ1v) is 4.31. The molecular formula is C8H15NO3. The minimum atomic E-state index is -0.836. The fourth-order valence-corrected chi connectivity index (χ4v) is 1.83. The molecule has 1 aliphatic rings. The molecule has 0 radical (unpaired) electrons. The highest BCUT2D eigenvalue weighted by molar-refractivity contribution is 5.67. The highest BCUT2D eigenvalue weighted by atomic mass is 16.6. The molecule has 70 valence electrons. The number of nitrogens with two attached hydrogens (primary N) is 1. The number of hydrogen-bond donors (Lipinski definition) is 2. The van der Waals surface area contributed by atoms with Crippen molar-refractivity contribution in [2.24, 2.45) is 11.8 Å². The fourth-order valence-electron chi connectivity index (χ4n) is 1.83. The van der Waals surface area contributed by atoms with Gasteiger partial charge >= 0.3 is 5.97 Å². The van der Waals surface area contributed by atoms with E-state index in [0.29, 0.717) is 5.92 Å². The summed E-state index contributed by atoms with van der Waals surface area (Å²) in [6, 6.07) is 0. The van der Waals surface area contributed by atoms with E-state index in [9.17, 15) is 4.79 Å². The molecule has 1 fully saturated rings. The SMILES string of the molecule is NOC(CC(=O)O)C1CCCC1. The van der Waals surface area contributed by atoms with E-state index in [-0.39, 0.29) is 12.5 Å². The van der Waals surface area contributed by atoms with Gasteiger partial charge in [-0.1, -0.05) is 12.8 Å². The van der Waals surface area contributed by atoms with Crippen LogP contribution in [-0.2, 0) is 9.63 Å². The van der Waals surface area contributed by atoms with Gasteiger partial charge in [0.05, 0.1) is 12.5 Å². The minimum Gasteiger partial charge on any atom is -0.481 e. The maximum absolute atomic E-state index is 10.4. The second kappa shape index (κ2) is 4.42. The van der Waals surface area contributed by atoms with Crippen LogP contribution >= 0.6 is 0 Å². The molecule has 0 amide bonds. The Labute approximate surface area is 71.7 Å². The lowest BCUT2D eigenvalue weighted by atomic mass is 9.98. The molecule has 4 nitrogen and oxygen atoms in total. The molecule has 12 heavy (non-hydrogen) atoms. The second-order valence-corrected chi connectivity index (χ2v) is 3.32. The summed E-state index contributed by atoms with van der Waals surface area (Å²) in [7, 11) is 0. The Morgan fingerprint density at radius 3 is 2.58 bits per heavy atom. The first-order valence-electron chi connectivity index (χ1n) is 4.31. The largest absolute Gasteiger partial charge is 0.481 e. The summed E-state index contributed by atoms with van der Waals surface area (Å²) in [6.07, 6.45) is 4.18. The lowest BCUT2D eigenvalue weighted by molar-refractivity contribution is -0.141. The summed E-state index contributed by atoms with van der Waals surface area (Å²) >= 11 is 0. The third-order valence-electron chi connectivity index (χ3n) is 2.48. The van der Waals surface area contributed by atoms with Crippen LogP contribution in [-0.4, -0.2) is 17.2 Å². The number of carboxylic acid groups (broad SMARTS) is 1. The van der Waals surface area contributed by atoms with Crippen molar-refractivity contribution in [1.29, 1.82) is 0 Å². The third-order valence-corrected chi connectivity index (χ3v) is 2.48. The summed E-state index contributed by atoms with van der Waals surface area (Å²) in [6.45, 7) is 0. The van der Waals surface area contributed by atoms with Gasteiger partial charge in [-0.15, -0.1) is 0 Å². The highest BCUT2D eigenvalue weighted by Gasteiger charge is 2.27. The fraction of sp³-hybridized carbons (Fsp3) is 0.875. The topological polar surface area (TPSA) is 72.5 Å². The van der Waals surface area contributed by atoms with E-state index in [0.717, 1.165) is 12.8 Å². The van der Waals surface area contributed by atoms with E-state index in [4.69, 9.17) is 11.0 Å². The third kappa shape index (κ3) is 2.46. The lowest BCUT2D eigenvalue weighted by Gasteiger charge is -2.18. The molecular weight excluding hydrogens is 158 g/mol. The Morgan fingerprint density at radius 2 is 2.17 bits per heavy atom. The van der Waals surface area contributed by atoms with E-state index in [1.54, 1.807) is 0 Å². The van der Waals surface area contributed by atoms with Crippen molar-refractivity contribution in [1.82, 2.24) is 0 Å². The average Bonchev–Trinajstić information content (AvgIpc) is 2.51. The highest BCUT2D eigenvalue weighted by Crippen LogP contribution is 2.29. The molecule has 0 aromatic rings. The Hall–Kier alpha value is -0.610. The molecule has 0 spiro atoms. The van der Waals surface area contributed by atoms with Crippen molar-refractivity contribution in [3.63, 3.8) is 0 Å². The molecule has 1 atom stereocenters. The number of carboxylic acids is 1. The summed E-state index contributed by atoms with van der Waals surface area (Å²) in [5.41, 5.74) is 0. The van der Waals surface area contributed by atoms with Crippen LogP contribution in [0.15, 0.2) is 0 Å². The maximum atomic E-state index is 10.4. The zero-order valence-corrected chi connectivity index (χ0v) is 7.03. The molecule has 0 heterocycles. The zero-order valence-electron chi connectivity index (χ0n) is 7.03. The van der Waals surface area contributed by atoms with Crippen molar-refractivity contribution in [2.75, 3.05) is 0 Å². The molecule has 1 saturated carbocycles. The van der Waals surface area contributed by atoms with Crippen LogP contribution in [0.25, 0.3) is 0 Å². The standard InChI is InChI=1S/C8H15NO3/c9-12-7(5-8(10)11)6-3-1-2-4-6/h6-7H,1-5,9H2,(H,10,11). The van der Waals surface area contributed by atoms with Crippen LogP contribution in [0.3, 0.4) is 0 Å². The first-order chi connectivity index (χ1) is 5.74. The van der Waals surface area contributed by atoms with Crippen molar-refractivity contribution in [2.45, 2.75) is 38.2 Å². The molecule has 3 N–H and O–H groups in total. The molecule has 1 unspecified atom stereocenters. The van der Waals surface area contributed by atoms with E-state index in [1.165, 1.54) is 12.8 Å². The van der Waals surface area contributed by atoms with E-state index in [2.05, 4.69) is 4.84 Å². The van der Waals surface area contributed by atoms with Gasteiger partial charge in [0.25, 0.3) is 0 Å². The van der Waals surface area contributed by atoms with Gasteiger partial charge in [0.1, 0.15) is 0 Å². The van der Waals surface area contributed by atoms with Gasteiger partial charge in [0.15, 0.2) is 0 Å². The number of rotatable bonds is 4. The normalized spacial score (nSPS) is 21.1. The Balaban J connectivity index is 2.37. The second-order valence-electron chi connectivity index (χ2n) is 3.32. The Bertz CT molecular complexity index is 154. The van der Waals surface area contributed by atoms with Crippen LogP contribution in [0.2, 0.25) is 0 Å². The lowest BCUT2D eigenvalue weighted by Crippen LogP contribution is -2.28. The number of hydrogen-bond acceptors (Lipinski definition) is 3. The molecule has 1 rings (SSSR count). The summed E-state index contributed by atoms with van der Waals surface area (Å²) < 4.78 is 0. The molecule has 4 heteroatoms. The number of carbonyl (C=O) groups is 1. The van der Waals surface area contributed by atoms with Gasteiger partial charge < -0.3 is 9.94 Å². The van der Waals surface area contributed by atoms with E-state index in [1.807, 2.05) is 0 Å². The molecule has 1 aliphatic carbocycles. The average molecular weight is 173 g/mol. The van der Waals surface area contributed by atoms with Crippen molar-refractivity contribution in [3.8, 4) is 0 Å². The molecule has 0 bridgehead atoms. The number of aliphatic carboxylic acids is 1. The molecule has 0 aliphatic heterocycles. The quantitative estimate of drug-likeness (QED) is 0.620. The summed E-state index contributed by atoms with van der Waals surface area (Å²) in [5, 5.41) is 8.54. The smallest absolute Gasteiger partial charge is 0.306 e. The first kappa shape index (κ1) is 9.48. The minimum absolute atomic E-state index is 0.0289. The van der Waals surface area contributed by atoms with Gasteiger partial charge in [-0.2, -0.15) is 0 Å². The molecule has 0 aromatic heterocycles. The van der Waals surface area contributed by atoms with Gasteiger partial charge in [-0.3, -0.25) is 4.79 Å². The predicted molar refractivity (Wildman–Crippen MR) is 43.3 cm³/mol. The van der Waals surface area contributed by atoms with E-state index < -0.39 is 5.97 Å². The van der Waals surface area contributed by atoms with Gasteiger partial charge in [-0.05, 0) is 18.8 Å². The van der Waals surface area contributed by atoms with Gasteiger partial charge in [0, 0.05) is 0 Å². The summed E-state index contributed by atoms with van der Waals surface area (Å²) in [5.74, 6) is 4.55. The maximum Gasteiger partial charge on any atom is 0.306 e. The van der Waals surface area contributed by atoms with Crippen LogP contribution in [0.1, 0.15) is 32.1 Å². The van der Waals surface area contributed by atoms with Crippen LogP contribution < -0.4 is 5.90 Å². The monoisotopic (exact) mass is 173 g/mol. The Morgan fingerprint density at radius 1 is 1.58 bits per heavy atom. The van der Waals surface area contributed by atoms with Gasteiger partial charge in [-0.25, -0.2) is 5.90 Å². The van der Waals surface area contributed by atoms with Crippen LogP contribution in [0.5, 0.6) is 0 Å². The molecule has 0 saturated heterocycles. The predicted octanol–water partition coefficient (Wildman–Crippen LogP) is 0.910. The Kier molecular flexibility index (Phi) is 3.49. The van der Waals surface area contributed by atoms with Crippen molar-refractivity contribution < 1.29 is 14.7 Å². The zero-order chi connectivity index (χ0) is 8.97. The van der Waals surface area contributed by atoms with Crippen molar-refractivity contribution >= 4 is 5.97 Å². The van der Waals surface area contributed by atoms with Gasteiger partial charge in [0.2, 0.25) is 0 Å². The molecule has 0 aromatic carbocycles.